The molecule has 0 unspecified atom stereocenters. The number of carbonyl (C=O) groups is 2. The first-order valence-electron chi connectivity index (χ1n) is 5.84. The maximum absolute atomic E-state index is 11.7. The summed E-state index contributed by atoms with van der Waals surface area (Å²) in [6, 6.07) is -1.33. The minimum atomic E-state index is -1.46. The summed E-state index contributed by atoms with van der Waals surface area (Å²) in [5, 5.41) is 7.42. The van der Waals surface area contributed by atoms with Crippen molar-refractivity contribution in [2.24, 2.45) is 0 Å². The molecular formula is C12H18F4N6O6. The van der Waals surface area contributed by atoms with E-state index in [0.29, 0.717) is 0 Å². The van der Waals surface area contributed by atoms with E-state index < -0.39 is 47.3 Å². The monoisotopic (exact) mass is 418 g/mol. The Balaban J connectivity index is -0.000000144. The lowest BCUT2D eigenvalue weighted by Gasteiger charge is -1.85. The highest BCUT2D eigenvalue weighted by molar-refractivity contribution is 5.64. The predicted molar refractivity (Wildman–Crippen MR) is 86.6 cm³/mol. The molecule has 12 nitrogen and oxygen atoms in total. The fourth-order valence-corrected chi connectivity index (χ4v) is 0.706. The number of rotatable bonds is 0. The number of halogens is 4. The third kappa shape index (κ3) is 24.5. The Kier molecular flexibility index (Phi) is 19.1. The van der Waals surface area contributed by atoms with Gasteiger partial charge in [-0.1, -0.05) is 14.9 Å². The first kappa shape index (κ1) is 32.0. The molecule has 0 aliphatic rings. The summed E-state index contributed by atoms with van der Waals surface area (Å²) in [6.45, 7) is 1.94. The molecule has 0 saturated heterocycles. The molecule has 0 aromatic carbocycles. The van der Waals surface area contributed by atoms with Crippen LogP contribution in [0.15, 0.2) is 14.4 Å². The lowest BCUT2D eigenvalue weighted by Crippen LogP contribution is -2.34. The zero-order chi connectivity index (χ0) is 20.9. The van der Waals surface area contributed by atoms with Crippen LogP contribution in [0.25, 0.3) is 0 Å². The van der Waals surface area contributed by atoms with Gasteiger partial charge < -0.3 is 5.11 Å². The summed E-state index contributed by atoms with van der Waals surface area (Å²) >= 11 is 0. The molecule has 2 heterocycles. The van der Waals surface area contributed by atoms with Crippen molar-refractivity contribution < 1.29 is 32.3 Å². The van der Waals surface area contributed by atoms with E-state index >= 15 is 0 Å². The number of aliphatic carboxylic acids is 1. The van der Waals surface area contributed by atoms with Gasteiger partial charge in [0, 0.05) is 13.8 Å². The summed E-state index contributed by atoms with van der Waals surface area (Å²) in [5.74, 6) is -0.833. The molecule has 0 spiro atoms. The van der Waals surface area contributed by atoms with Gasteiger partial charge in [0.25, 0.3) is 12.0 Å². The SMILES string of the molecule is C.C.CC(=O)F.CC(=O)O.Fc1nc(F)nc(F)n1.O=c1[nH]c(=O)[nH]c(=O)[nH]1. The molecule has 0 aliphatic carbocycles. The first-order valence-corrected chi connectivity index (χ1v) is 5.84. The lowest BCUT2D eigenvalue weighted by molar-refractivity contribution is -0.134. The lowest BCUT2D eigenvalue weighted by atomic mass is 10.9. The maximum atomic E-state index is 11.7. The van der Waals surface area contributed by atoms with Crippen molar-refractivity contribution in [3.8, 4) is 0 Å². The van der Waals surface area contributed by atoms with Crippen LogP contribution in [-0.4, -0.2) is 47.0 Å². The zero-order valence-corrected chi connectivity index (χ0v) is 12.8. The Bertz CT molecular complexity index is 748. The average molecular weight is 418 g/mol. The molecule has 0 fully saturated rings. The quantitative estimate of drug-likeness (QED) is 0.334. The molecule has 2 aromatic rings. The molecule has 160 valence electrons. The normalized spacial score (nSPS) is 7.93. The van der Waals surface area contributed by atoms with Crippen LogP contribution in [0.3, 0.4) is 0 Å². The number of carboxylic acids is 1. The van der Waals surface area contributed by atoms with Gasteiger partial charge in [-0.2, -0.15) is 32.5 Å². The number of nitrogens with zero attached hydrogens (tertiary/aromatic N) is 3. The number of carboxylic acid groups (broad SMARTS) is 1. The van der Waals surface area contributed by atoms with Gasteiger partial charge in [-0.15, -0.1) is 0 Å². The number of nitrogens with one attached hydrogen (secondary N) is 3. The Morgan fingerprint density at radius 3 is 1.04 bits per heavy atom. The smallest absolute Gasteiger partial charge is 0.330 e. The number of H-pyrrole nitrogens is 3. The first-order chi connectivity index (χ1) is 11.8. The van der Waals surface area contributed by atoms with Crippen molar-refractivity contribution in [1.29, 1.82) is 0 Å². The number of aromatic amines is 3. The number of hydrogen-bond acceptors (Lipinski definition) is 8. The molecule has 0 atom stereocenters. The molecule has 16 heteroatoms. The summed E-state index contributed by atoms with van der Waals surface area (Å²) in [6.07, 6.45) is -4.38. The minimum Gasteiger partial charge on any atom is -0.481 e. The second kappa shape index (κ2) is 16.7. The van der Waals surface area contributed by atoms with Crippen LogP contribution in [0.1, 0.15) is 28.7 Å². The van der Waals surface area contributed by atoms with Crippen molar-refractivity contribution in [3.63, 3.8) is 0 Å². The predicted octanol–water partition coefficient (Wildman–Crippen LogP) is -0.0941. The van der Waals surface area contributed by atoms with E-state index in [1.165, 1.54) is 0 Å². The second-order valence-corrected chi connectivity index (χ2v) is 3.49. The molecule has 0 saturated carbocycles. The Hall–Kier alpha value is -3.72. The highest BCUT2D eigenvalue weighted by Gasteiger charge is 2.01. The van der Waals surface area contributed by atoms with Gasteiger partial charge in [0.05, 0.1) is 0 Å². The van der Waals surface area contributed by atoms with Crippen LogP contribution >= 0.6 is 0 Å². The van der Waals surface area contributed by atoms with Crippen molar-refractivity contribution in [2.75, 3.05) is 0 Å². The largest absolute Gasteiger partial charge is 0.481 e. The van der Waals surface area contributed by atoms with Gasteiger partial charge >= 0.3 is 35.3 Å². The third-order valence-corrected chi connectivity index (χ3v) is 1.23. The van der Waals surface area contributed by atoms with E-state index in [1.54, 1.807) is 15.0 Å². The molecule has 0 radical (unpaired) electrons. The van der Waals surface area contributed by atoms with Crippen molar-refractivity contribution in [1.82, 2.24) is 29.9 Å². The summed E-state index contributed by atoms with van der Waals surface area (Å²) < 4.78 is 45.4. The van der Waals surface area contributed by atoms with Crippen LogP contribution in [0.5, 0.6) is 0 Å². The minimum absolute atomic E-state index is 0. The molecular weight excluding hydrogens is 400 g/mol. The fourth-order valence-electron chi connectivity index (χ4n) is 0.706. The topological polar surface area (TPSA) is 192 Å². The van der Waals surface area contributed by atoms with Gasteiger partial charge in [0.15, 0.2) is 0 Å². The van der Waals surface area contributed by atoms with E-state index in [1.807, 2.05) is 0 Å². The molecule has 0 amide bonds. The summed E-state index contributed by atoms with van der Waals surface area (Å²) in [5.41, 5.74) is -2.41. The number of aromatic nitrogens is 6. The van der Waals surface area contributed by atoms with E-state index in [0.717, 1.165) is 13.8 Å². The van der Waals surface area contributed by atoms with E-state index in [4.69, 9.17) is 14.7 Å². The molecule has 28 heavy (non-hydrogen) atoms. The van der Waals surface area contributed by atoms with Crippen molar-refractivity contribution >= 4 is 12.0 Å². The molecule has 0 bridgehead atoms. The van der Waals surface area contributed by atoms with E-state index in [9.17, 15) is 31.9 Å². The average Bonchev–Trinajstić information content (AvgIpc) is 2.33. The van der Waals surface area contributed by atoms with Crippen LogP contribution in [0.4, 0.5) is 17.6 Å². The Morgan fingerprint density at radius 1 is 0.750 bits per heavy atom. The Labute approximate surface area is 153 Å². The van der Waals surface area contributed by atoms with Gasteiger partial charge in [-0.05, 0) is 0 Å². The summed E-state index contributed by atoms with van der Waals surface area (Å²) in [4.78, 5) is 61.0. The number of hydrogen-bond donors (Lipinski definition) is 4. The maximum Gasteiger partial charge on any atom is 0.330 e. The van der Waals surface area contributed by atoms with Gasteiger partial charge in [-0.3, -0.25) is 24.5 Å². The van der Waals surface area contributed by atoms with Gasteiger partial charge in [-0.25, -0.2) is 14.4 Å². The van der Waals surface area contributed by atoms with Crippen molar-refractivity contribution in [3.05, 3.63) is 49.7 Å². The molecule has 2 aromatic heterocycles. The van der Waals surface area contributed by atoms with Gasteiger partial charge in [0.1, 0.15) is 0 Å². The van der Waals surface area contributed by atoms with Crippen LogP contribution < -0.4 is 17.1 Å². The van der Waals surface area contributed by atoms with Crippen LogP contribution in [-0.2, 0) is 9.59 Å². The Morgan fingerprint density at radius 2 is 0.893 bits per heavy atom. The highest BCUT2D eigenvalue weighted by Crippen LogP contribution is 1.89. The highest BCUT2D eigenvalue weighted by atomic mass is 19.2. The molecule has 0 aliphatic heterocycles. The third-order valence-electron chi connectivity index (χ3n) is 1.23. The zero-order valence-electron chi connectivity index (χ0n) is 12.8. The molecule has 4 N–H and O–H groups in total. The number of carbonyl (C=O) groups excluding carboxylic acids is 1. The fraction of sp³-hybridized carbons (Fsp3) is 0.333. The van der Waals surface area contributed by atoms with Gasteiger partial charge in [0.2, 0.25) is 0 Å². The second-order valence-electron chi connectivity index (χ2n) is 3.49. The summed E-state index contributed by atoms with van der Waals surface area (Å²) in [7, 11) is 0. The van der Waals surface area contributed by atoms with Crippen molar-refractivity contribution in [2.45, 2.75) is 28.7 Å². The standard InChI is InChI=1S/C3F3N3.C3H3N3O3.C2H3FO.C2H4O2.2CH4/c4-1-7-2(5)9-3(6)8-1;7-1-4-2(8)6-3(9)5-1;2*1-2(3)4;;/h;(H3,4,5,6,7,8,9);1H3;1H3,(H,3,4);2*1H4. The van der Waals surface area contributed by atoms with E-state index in [2.05, 4.69) is 15.0 Å². The van der Waals surface area contributed by atoms with Crippen LogP contribution in [0, 0.1) is 18.2 Å². The van der Waals surface area contributed by atoms with Crippen LogP contribution in [0.2, 0.25) is 0 Å². The molecule has 2 rings (SSSR count). The van der Waals surface area contributed by atoms with E-state index in [-0.39, 0.29) is 14.9 Å².